The lowest BCUT2D eigenvalue weighted by molar-refractivity contribution is -0.116. The molecule has 20 heavy (non-hydrogen) atoms. The number of benzene rings is 1. The molecule has 1 aromatic carbocycles. The van der Waals surface area contributed by atoms with E-state index in [4.69, 9.17) is 5.11 Å². The second kappa shape index (κ2) is 3.57. The molecular weight excluding hydrogens is 248 g/mol. The van der Waals surface area contributed by atoms with E-state index in [9.17, 15) is 4.79 Å². The number of fused-ring (bicyclic) bond motifs is 5. The molecule has 3 heteroatoms. The molecule has 1 aliphatic heterocycles. The molecule has 4 rings (SSSR count). The lowest BCUT2D eigenvalue weighted by Gasteiger charge is -2.39. The highest BCUT2D eigenvalue weighted by molar-refractivity contribution is 5.71. The van der Waals surface area contributed by atoms with Gasteiger partial charge in [0.1, 0.15) is 17.4 Å². The largest absolute Gasteiger partial charge is 0.301 e. The van der Waals surface area contributed by atoms with Crippen molar-refractivity contribution in [2.24, 2.45) is 27.5 Å². The average molecular weight is 268 g/mol. The molecule has 3 aliphatic rings. The van der Waals surface area contributed by atoms with Gasteiger partial charge < -0.3 is 4.79 Å². The predicted octanol–water partition coefficient (Wildman–Crippen LogP) is 3.74. The van der Waals surface area contributed by atoms with E-state index in [0.717, 1.165) is 19.1 Å². The predicted molar refractivity (Wildman–Crippen MR) is 76.4 cm³/mol. The summed E-state index contributed by atoms with van der Waals surface area (Å²) in [5.41, 5.74) is 0.0750. The summed E-state index contributed by atoms with van der Waals surface area (Å²) in [5.74, 6) is 0.829. The van der Waals surface area contributed by atoms with Crippen molar-refractivity contribution >= 4 is 6.29 Å². The third-order valence-corrected chi connectivity index (χ3v) is 6.34. The first-order valence-electron chi connectivity index (χ1n) is 7.56. The van der Waals surface area contributed by atoms with Crippen molar-refractivity contribution in [3.63, 3.8) is 0 Å². The van der Waals surface area contributed by atoms with Crippen molar-refractivity contribution in [2.45, 2.75) is 44.2 Å². The summed E-state index contributed by atoms with van der Waals surface area (Å²) < 4.78 is 0. The molecule has 0 saturated heterocycles. The molecule has 2 saturated carbocycles. The van der Waals surface area contributed by atoms with E-state index in [1.807, 2.05) is 6.07 Å². The number of nitrogens with zero attached hydrogens (tertiary/aromatic N) is 2. The van der Waals surface area contributed by atoms with Gasteiger partial charge in [-0.1, -0.05) is 50.6 Å². The standard InChI is InChI=1S/C17H20N2O/c1-15(2)16(11-20)13-9-6-10-14(13)17(15,19-18-16)12-7-4-3-5-8-12/h3-5,7-8,11,13-14H,6,9-10H2,1-2H3/t13-,14+,16-,17+/m1/s1. The molecule has 1 heterocycles. The molecule has 2 aliphatic carbocycles. The van der Waals surface area contributed by atoms with Crippen LogP contribution in [0.15, 0.2) is 40.6 Å². The van der Waals surface area contributed by atoms with Crippen LogP contribution < -0.4 is 0 Å². The van der Waals surface area contributed by atoms with Gasteiger partial charge in [-0.2, -0.15) is 10.2 Å². The molecule has 0 N–H and O–H groups in total. The van der Waals surface area contributed by atoms with Gasteiger partial charge in [0, 0.05) is 5.41 Å². The van der Waals surface area contributed by atoms with Gasteiger partial charge in [0.15, 0.2) is 0 Å². The van der Waals surface area contributed by atoms with Crippen LogP contribution in [-0.4, -0.2) is 11.8 Å². The van der Waals surface area contributed by atoms with Gasteiger partial charge in [0.25, 0.3) is 0 Å². The summed E-state index contributed by atoms with van der Waals surface area (Å²) in [6, 6.07) is 10.5. The first kappa shape index (κ1) is 12.2. The molecule has 3 nitrogen and oxygen atoms in total. The van der Waals surface area contributed by atoms with E-state index in [1.54, 1.807) is 0 Å². The number of carbonyl (C=O) groups is 1. The molecule has 0 aromatic heterocycles. The number of hydrogen-bond donors (Lipinski definition) is 0. The van der Waals surface area contributed by atoms with Crippen LogP contribution in [0.5, 0.6) is 0 Å². The van der Waals surface area contributed by atoms with E-state index in [2.05, 4.69) is 43.2 Å². The summed E-state index contributed by atoms with van der Waals surface area (Å²) in [4.78, 5) is 12.0. The van der Waals surface area contributed by atoms with Gasteiger partial charge in [0.2, 0.25) is 0 Å². The monoisotopic (exact) mass is 268 g/mol. The molecule has 2 fully saturated rings. The Bertz CT molecular complexity index is 594. The third kappa shape index (κ3) is 1.01. The summed E-state index contributed by atoms with van der Waals surface area (Å²) in [6.07, 6.45) is 4.57. The minimum absolute atomic E-state index is 0.237. The molecule has 1 aromatic rings. The van der Waals surface area contributed by atoms with Crippen molar-refractivity contribution in [3.8, 4) is 0 Å². The highest BCUT2D eigenvalue weighted by Gasteiger charge is 2.77. The van der Waals surface area contributed by atoms with E-state index in [-0.39, 0.29) is 11.0 Å². The molecule has 0 amide bonds. The molecule has 104 valence electrons. The Morgan fingerprint density at radius 2 is 1.80 bits per heavy atom. The van der Waals surface area contributed by atoms with Crippen molar-refractivity contribution in [2.75, 3.05) is 0 Å². The maximum Gasteiger partial charge on any atom is 0.150 e. The minimum atomic E-state index is -0.607. The zero-order chi connectivity index (χ0) is 14.0. The van der Waals surface area contributed by atoms with Crippen molar-refractivity contribution < 1.29 is 4.79 Å². The number of aldehydes is 1. The highest BCUT2D eigenvalue weighted by atomic mass is 16.1. The summed E-state index contributed by atoms with van der Waals surface area (Å²) in [6.45, 7) is 4.37. The Morgan fingerprint density at radius 1 is 1.10 bits per heavy atom. The molecular formula is C17H20N2O. The van der Waals surface area contributed by atoms with Crippen LogP contribution in [-0.2, 0) is 10.3 Å². The lowest BCUT2D eigenvalue weighted by Crippen LogP contribution is -2.47. The van der Waals surface area contributed by atoms with Crippen molar-refractivity contribution in [1.29, 1.82) is 0 Å². The number of hydrogen-bond acceptors (Lipinski definition) is 3. The average Bonchev–Trinajstić information content (AvgIpc) is 3.07. The summed E-state index contributed by atoms with van der Waals surface area (Å²) in [5, 5.41) is 9.29. The van der Waals surface area contributed by atoms with Gasteiger partial charge in [-0.05, 0) is 30.2 Å². The van der Waals surface area contributed by atoms with Crippen LogP contribution in [0.25, 0.3) is 0 Å². The maximum atomic E-state index is 12.0. The van der Waals surface area contributed by atoms with Gasteiger partial charge in [-0.3, -0.25) is 0 Å². The fraction of sp³-hybridized carbons (Fsp3) is 0.588. The normalized spacial score (nSPS) is 43.7. The van der Waals surface area contributed by atoms with Gasteiger partial charge >= 0.3 is 0 Å². The summed E-state index contributed by atoms with van der Waals surface area (Å²) >= 11 is 0. The van der Waals surface area contributed by atoms with E-state index in [0.29, 0.717) is 11.8 Å². The fourth-order valence-electron chi connectivity index (χ4n) is 5.36. The van der Waals surface area contributed by atoms with Crippen molar-refractivity contribution in [3.05, 3.63) is 35.9 Å². The van der Waals surface area contributed by atoms with E-state index < -0.39 is 5.54 Å². The van der Waals surface area contributed by atoms with Crippen LogP contribution >= 0.6 is 0 Å². The minimum Gasteiger partial charge on any atom is -0.301 e. The summed E-state index contributed by atoms with van der Waals surface area (Å²) in [7, 11) is 0. The van der Waals surface area contributed by atoms with Crippen LogP contribution in [0.3, 0.4) is 0 Å². The first-order valence-corrected chi connectivity index (χ1v) is 7.56. The van der Waals surface area contributed by atoms with Gasteiger partial charge in [-0.25, -0.2) is 0 Å². The number of carbonyl (C=O) groups excluding carboxylic acids is 1. The van der Waals surface area contributed by atoms with Crippen LogP contribution in [0.1, 0.15) is 38.7 Å². The maximum absolute atomic E-state index is 12.0. The number of azo groups is 1. The Kier molecular flexibility index (Phi) is 2.19. The fourth-order valence-corrected chi connectivity index (χ4v) is 5.36. The van der Waals surface area contributed by atoms with Crippen LogP contribution in [0, 0.1) is 17.3 Å². The SMILES string of the molecule is CC1(C)[C@]2(C=O)N=N[C@@]1(c1ccccc1)[C@H]1CCC[C@H]12. The number of rotatable bonds is 2. The second-order valence-corrected chi connectivity index (χ2v) is 7.04. The highest BCUT2D eigenvalue weighted by Crippen LogP contribution is 2.73. The zero-order valence-corrected chi connectivity index (χ0v) is 12.0. The Balaban J connectivity index is 2.00. The third-order valence-electron chi connectivity index (χ3n) is 6.34. The van der Waals surface area contributed by atoms with Crippen LogP contribution in [0.4, 0.5) is 0 Å². The van der Waals surface area contributed by atoms with Gasteiger partial charge in [-0.15, -0.1) is 0 Å². The lowest BCUT2D eigenvalue weighted by atomic mass is 9.63. The Labute approximate surface area is 119 Å². The van der Waals surface area contributed by atoms with Crippen LogP contribution in [0.2, 0.25) is 0 Å². The topological polar surface area (TPSA) is 41.8 Å². The first-order chi connectivity index (χ1) is 9.60. The quantitative estimate of drug-likeness (QED) is 0.753. The van der Waals surface area contributed by atoms with E-state index >= 15 is 0 Å². The van der Waals surface area contributed by atoms with E-state index in [1.165, 1.54) is 12.0 Å². The Hall–Kier alpha value is -1.51. The Morgan fingerprint density at radius 3 is 2.50 bits per heavy atom. The smallest absolute Gasteiger partial charge is 0.150 e. The second-order valence-electron chi connectivity index (χ2n) is 7.04. The zero-order valence-electron chi connectivity index (χ0n) is 12.0. The molecule has 0 spiro atoms. The van der Waals surface area contributed by atoms with Gasteiger partial charge in [0.05, 0.1) is 0 Å². The molecule has 0 unspecified atom stereocenters. The molecule has 2 bridgehead atoms. The molecule has 0 radical (unpaired) electrons. The molecule has 4 atom stereocenters. The van der Waals surface area contributed by atoms with Crippen molar-refractivity contribution in [1.82, 2.24) is 0 Å².